The van der Waals surface area contributed by atoms with E-state index >= 15 is 0 Å². The Morgan fingerprint density at radius 3 is 2.16 bits per heavy atom. The molecule has 2 N–H and O–H groups in total. The molecule has 8 nitrogen and oxygen atoms in total. The first-order valence-corrected chi connectivity index (χ1v) is 13.1. The molecule has 2 aromatic carbocycles. The lowest BCUT2D eigenvalue weighted by atomic mass is 9.93. The van der Waals surface area contributed by atoms with Gasteiger partial charge in [0.1, 0.15) is 23.4 Å². The van der Waals surface area contributed by atoms with Crippen LogP contribution in [0.4, 0.5) is 10.5 Å². The van der Waals surface area contributed by atoms with Gasteiger partial charge in [-0.25, -0.2) is 4.79 Å². The molecular weight excluding hydrogens is 482 g/mol. The van der Waals surface area contributed by atoms with E-state index in [0.29, 0.717) is 17.9 Å². The number of anilines is 1. The van der Waals surface area contributed by atoms with Gasteiger partial charge in [0.15, 0.2) is 0 Å². The molecule has 0 bridgehead atoms. The van der Waals surface area contributed by atoms with Crippen LogP contribution in [-0.2, 0) is 14.3 Å². The molecule has 0 aliphatic rings. The van der Waals surface area contributed by atoms with E-state index in [9.17, 15) is 14.4 Å². The fourth-order valence-electron chi connectivity index (χ4n) is 4.15. The van der Waals surface area contributed by atoms with Gasteiger partial charge in [0.25, 0.3) is 5.91 Å². The molecule has 38 heavy (non-hydrogen) atoms. The molecule has 8 heteroatoms. The highest BCUT2D eigenvalue weighted by molar-refractivity contribution is 5.99. The first-order chi connectivity index (χ1) is 17.8. The van der Waals surface area contributed by atoms with Crippen LogP contribution in [0, 0.1) is 19.8 Å². The fourth-order valence-corrected chi connectivity index (χ4v) is 4.15. The minimum Gasteiger partial charge on any atom is -0.497 e. The number of nitrogens with one attached hydrogen (secondary N) is 2. The number of benzene rings is 2. The summed E-state index contributed by atoms with van der Waals surface area (Å²) in [4.78, 5) is 42.2. The van der Waals surface area contributed by atoms with Crippen LogP contribution in [0.5, 0.6) is 5.75 Å². The van der Waals surface area contributed by atoms with Crippen LogP contribution in [0.25, 0.3) is 0 Å². The highest BCUT2D eigenvalue weighted by atomic mass is 16.6. The third-order valence-corrected chi connectivity index (χ3v) is 6.42. The molecule has 0 fully saturated rings. The zero-order valence-corrected chi connectivity index (χ0v) is 24.2. The number of carbonyl (C=O) groups is 3. The number of likely N-dealkylation sites (N-methyl/N-ethyl adjacent to an activating group) is 1. The molecule has 0 aromatic heterocycles. The molecule has 0 spiro atoms. The van der Waals surface area contributed by atoms with Crippen LogP contribution in [0.15, 0.2) is 42.5 Å². The van der Waals surface area contributed by atoms with Crippen molar-refractivity contribution < 1.29 is 23.9 Å². The minimum absolute atomic E-state index is 0.187. The van der Waals surface area contributed by atoms with Gasteiger partial charge in [0, 0.05) is 12.2 Å². The topological polar surface area (TPSA) is 97.0 Å². The molecule has 2 aromatic rings. The van der Waals surface area contributed by atoms with Crippen LogP contribution < -0.4 is 15.4 Å². The summed E-state index contributed by atoms with van der Waals surface area (Å²) in [5.41, 5.74) is 2.46. The Morgan fingerprint density at radius 1 is 1.00 bits per heavy atom. The second-order valence-corrected chi connectivity index (χ2v) is 10.6. The monoisotopic (exact) mass is 525 g/mol. The molecule has 3 unspecified atom stereocenters. The average molecular weight is 526 g/mol. The second kappa shape index (κ2) is 13.3. The third-order valence-electron chi connectivity index (χ3n) is 6.42. The van der Waals surface area contributed by atoms with Crippen LogP contribution in [0.3, 0.4) is 0 Å². The van der Waals surface area contributed by atoms with Crippen molar-refractivity contribution >= 4 is 23.6 Å². The Morgan fingerprint density at radius 2 is 1.63 bits per heavy atom. The van der Waals surface area contributed by atoms with Crippen LogP contribution >= 0.6 is 0 Å². The molecular formula is C30H43N3O5. The Bertz CT molecular complexity index is 1110. The smallest absolute Gasteiger partial charge is 0.408 e. The number of aryl methyl sites for hydroxylation is 2. The highest BCUT2D eigenvalue weighted by Gasteiger charge is 2.38. The van der Waals surface area contributed by atoms with Crippen LogP contribution in [0.1, 0.15) is 70.7 Å². The number of amides is 3. The number of alkyl carbamates (subject to hydrolysis) is 1. The Labute approximate surface area is 227 Å². The van der Waals surface area contributed by atoms with E-state index in [1.807, 2.05) is 52.8 Å². The molecule has 0 saturated heterocycles. The lowest BCUT2D eigenvalue weighted by molar-refractivity contribution is -0.141. The summed E-state index contributed by atoms with van der Waals surface area (Å²) in [5.74, 6) is -0.209. The number of rotatable bonds is 10. The van der Waals surface area contributed by atoms with Crippen molar-refractivity contribution in [2.75, 3.05) is 19.0 Å². The predicted molar refractivity (Wildman–Crippen MR) is 150 cm³/mol. The van der Waals surface area contributed by atoms with Crippen molar-refractivity contribution in [3.63, 3.8) is 0 Å². The zero-order chi connectivity index (χ0) is 28.6. The van der Waals surface area contributed by atoms with Crippen LogP contribution in [-0.4, -0.2) is 48.1 Å². The quantitative estimate of drug-likeness (QED) is 0.410. The summed E-state index contributed by atoms with van der Waals surface area (Å²) < 4.78 is 10.7. The molecule has 3 amide bonds. The number of hydrogen-bond acceptors (Lipinski definition) is 5. The molecule has 0 aliphatic carbocycles. The average Bonchev–Trinajstić information content (AvgIpc) is 2.85. The van der Waals surface area contributed by atoms with Crippen molar-refractivity contribution in [1.82, 2.24) is 10.2 Å². The number of ether oxygens (including phenoxy) is 2. The van der Waals surface area contributed by atoms with Gasteiger partial charge in [-0.2, -0.15) is 0 Å². The molecule has 208 valence electrons. The molecule has 0 heterocycles. The number of carbonyl (C=O) groups excluding carboxylic acids is 3. The SMILES string of the molecule is CCC(C)C(NC(=O)OC(C)(C)C)C(=O)N(CC)C(C(=O)Nc1ccc(OC)cc1)c1cc(C)ccc1C. The summed E-state index contributed by atoms with van der Waals surface area (Å²) >= 11 is 0. The largest absolute Gasteiger partial charge is 0.497 e. The van der Waals surface area contributed by atoms with E-state index in [0.717, 1.165) is 16.7 Å². The number of methoxy groups -OCH3 is 1. The van der Waals surface area contributed by atoms with Crippen molar-refractivity contribution in [1.29, 1.82) is 0 Å². The van der Waals surface area contributed by atoms with Crippen molar-refractivity contribution in [2.45, 2.75) is 79.5 Å². The van der Waals surface area contributed by atoms with E-state index in [2.05, 4.69) is 10.6 Å². The van der Waals surface area contributed by atoms with E-state index < -0.39 is 23.8 Å². The number of hydrogen-bond donors (Lipinski definition) is 2. The Hall–Kier alpha value is -3.55. The predicted octanol–water partition coefficient (Wildman–Crippen LogP) is 5.78. The molecule has 0 radical (unpaired) electrons. The van der Waals surface area contributed by atoms with Gasteiger partial charge >= 0.3 is 6.09 Å². The van der Waals surface area contributed by atoms with Crippen molar-refractivity contribution in [3.8, 4) is 5.75 Å². The summed E-state index contributed by atoms with van der Waals surface area (Å²) in [7, 11) is 1.58. The normalized spacial score (nSPS) is 13.6. The van der Waals surface area contributed by atoms with Gasteiger partial charge in [-0.1, -0.05) is 44.0 Å². The van der Waals surface area contributed by atoms with Crippen molar-refractivity contribution in [3.05, 3.63) is 59.2 Å². The second-order valence-electron chi connectivity index (χ2n) is 10.6. The molecule has 3 atom stereocenters. The molecule has 0 saturated carbocycles. The maximum absolute atomic E-state index is 14.1. The van der Waals surface area contributed by atoms with Crippen LogP contribution in [0.2, 0.25) is 0 Å². The van der Waals surface area contributed by atoms with Gasteiger partial charge in [-0.15, -0.1) is 0 Å². The first-order valence-electron chi connectivity index (χ1n) is 13.1. The summed E-state index contributed by atoms with van der Waals surface area (Å²) in [6.45, 7) is 15.1. The number of nitrogens with zero attached hydrogens (tertiary/aromatic N) is 1. The highest BCUT2D eigenvalue weighted by Crippen LogP contribution is 2.29. The summed E-state index contributed by atoms with van der Waals surface area (Å²) in [6.07, 6.45) is -0.0196. The van der Waals surface area contributed by atoms with E-state index in [1.165, 1.54) is 4.90 Å². The summed E-state index contributed by atoms with van der Waals surface area (Å²) in [5, 5.41) is 5.74. The lowest BCUT2D eigenvalue weighted by Gasteiger charge is -2.36. The molecule has 0 aliphatic heterocycles. The van der Waals surface area contributed by atoms with Crippen molar-refractivity contribution in [2.24, 2.45) is 5.92 Å². The van der Waals surface area contributed by atoms with Gasteiger partial charge in [0.2, 0.25) is 5.91 Å². The zero-order valence-electron chi connectivity index (χ0n) is 24.2. The van der Waals surface area contributed by atoms with Gasteiger partial charge in [-0.3, -0.25) is 9.59 Å². The fraction of sp³-hybridized carbons (Fsp3) is 0.500. The Kier molecular flexibility index (Phi) is 10.7. The van der Waals surface area contributed by atoms with Gasteiger partial charge in [0.05, 0.1) is 7.11 Å². The summed E-state index contributed by atoms with van der Waals surface area (Å²) in [6, 6.07) is 11.1. The van der Waals surface area contributed by atoms with E-state index in [1.54, 1.807) is 52.1 Å². The first kappa shape index (κ1) is 30.7. The Balaban J connectivity index is 2.51. The van der Waals surface area contributed by atoms with Gasteiger partial charge in [-0.05, 0) is 82.9 Å². The minimum atomic E-state index is -0.915. The maximum atomic E-state index is 14.1. The lowest BCUT2D eigenvalue weighted by Crippen LogP contribution is -2.54. The van der Waals surface area contributed by atoms with Gasteiger partial charge < -0.3 is 25.0 Å². The third kappa shape index (κ3) is 8.23. The van der Waals surface area contributed by atoms with E-state index in [4.69, 9.17) is 9.47 Å². The maximum Gasteiger partial charge on any atom is 0.408 e. The van der Waals surface area contributed by atoms with E-state index in [-0.39, 0.29) is 24.3 Å². The standard InChI is InChI=1S/C30H43N3O5/c1-10-20(4)25(32-29(36)38-30(6,7)8)28(35)33(11-2)26(24-18-19(3)12-13-21(24)5)27(34)31-22-14-16-23(37-9)17-15-22/h12-18,20,25-26H,10-11H2,1-9H3,(H,31,34)(H,32,36). The molecule has 2 rings (SSSR count).